The van der Waals surface area contributed by atoms with Crippen LogP contribution >= 0.6 is 23.2 Å². The number of aliphatic hydroxyl groups is 1. The number of hydrogen-bond acceptors (Lipinski definition) is 3. The quantitative estimate of drug-likeness (QED) is 0.871. The van der Waals surface area contributed by atoms with Gasteiger partial charge in [-0.25, -0.2) is 0 Å². The number of hydrogen-bond donors (Lipinski definition) is 2. The molecule has 1 aliphatic carbocycles. The molecule has 1 aromatic rings. The number of carbonyl (C=O) groups excluding carboxylic acids is 1. The molecule has 1 fully saturated rings. The zero-order chi connectivity index (χ0) is 15.3. The Kier molecular flexibility index (Phi) is 5.73. The minimum absolute atomic E-state index is 0.117. The third-order valence-corrected chi connectivity index (χ3v) is 4.40. The van der Waals surface area contributed by atoms with Crippen molar-refractivity contribution in [3.8, 4) is 5.75 Å². The van der Waals surface area contributed by atoms with Gasteiger partial charge in [0.2, 0.25) is 0 Å². The number of nitrogens with one attached hydrogen (secondary N) is 1. The van der Waals surface area contributed by atoms with E-state index in [0.29, 0.717) is 15.8 Å². The van der Waals surface area contributed by atoms with Gasteiger partial charge >= 0.3 is 0 Å². The summed E-state index contributed by atoms with van der Waals surface area (Å²) in [7, 11) is 0. The highest BCUT2D eigenvalue weighted by atomic mass is 35.5. The second-order valence-corrected chi connectivity index (χ2v) is 6.24. The maximum Gasteiger partial charge on any atom is 0.258 e. The second kappa shape index (κ2) is 7.34. The minimum atomic E-state index is -0.766. The summed E-state index contributed by atoms with van der Waals surface area (Å²) in [6.45, 7) is 0.157. The molecule has 0 heterocycles. The number of halogens is 2. The van der Waals surface area contributed by atoms with Crippen LogP contribution in [0.4, 0.5) is 0 Å². The van der Waals surface area contributed by atoms with E-state index in [2.05, 4.69) is 5.32 Å². The van der Waals surface area contributed by atoms with Gasteiger partial charge in [0.1, 0.15) is 5.75 Å². The second-order valence-electron chi connectivity index (χ2n) is 5.43. The van der Waals surface area contributed by atoms with Crippen molar-refractivity contribution < 1.29 is 14.6 Å². The van der Waals surface area contributed by atoms with E-state index in [9.17, 15) is 9.90 Å². The number of carbonyl (C=O) groups is 1. The van der Waals surface area contributed by atoms with Crippen LogP contribution in [-0.4, -0.2) is 29.8 Å². The summed E-state index contributed by atoms with van der Waals surface area (Å²) in [5.41, 5.74) is -0.766. The molecule has 0 aromatic heterocycles. The molecule has 116 valence electrons. The monoisotopic (exact) mass is 331 g/mol. The van der Waals surface area contributed by atoms with Gasteiger partial charge < -0.3 is 15.2 Å². The molecule has 0 saturated heterocycles. The molecule has 1 aliphatic rings. The summed E-state index contributed by atoms with van der Waals surface area (Å²) in [4.78, 5) is 11.7. The van der Waals surface area contributed by atoms with Crippen molar-refractivity contribution in [1.29, 1.82) is 0 Å². The average Bonchev–Trinajstić information content (AvgIpc) is 2.47. The Bertz CT molecular complexity index is 502. The lowest BCUT2D eigenvalue weighted by Gasteiger charge is -2.32. The van der Waals surface area contributed by atoms with Gasteiger partial charge in [0.15, 0.2) is 6.61 Å². The summed E-state index contributed by atoms with van der Waals surface area (Å²) < 4.78 is 5.34. The fraction of sp³-hybridized carbons (Fsp3) is 0.533. The molecule has 21 heavy (non-hydrogen) atoms. The Morgan fingerprint density at radius 3 is 2.62 bits per heavy atom. The fourth-order valence-corrected chi connectivity index (χ4v) is 2.70. The third-order valence-electron chi connectivity index (χ3n) is 3.66. The van der Waals surface area contributed by atoms with Crippen LogP contribution in [0.2, 0.25) is 10.0 Å². The third kappa shape index (κ3) is 5.06. The molecule has 0 unspecified atom stereocenters. The molecule has 0 radical (unpaired) electrons. The van der Waals surface area contributed by atoms with Crippen molar-refractivity contribution >= 4 is 29.1 Å². The first-order chi connectivity index (χ1) is 9.98. The van der Waals surface area contributed by atoms with Crippen molar-refractivity contribution in [3.05, 3.63) is 28.2 Å². The molecule has 6 heteroatoms. The Hall–Kier alpha value is -0.970. The highest BCUT2D eigenvalue weighted by Crippen LogP contribution is 2.27. The standard InChI is InChI=1S/C15H19Cl2NO3/c16-12-5-4-11(8-13(12)17)21-9-14(19)18-10-15(20)6-2-1-3-7-15/h4-5,8,20H,1-3,6-7,9-10H2,(H,18,19). The molecule has 0 atom stereocenters. The molecule has 0 aliphatic heterocycles. The van der Waals surface area contributed by atoms with E-state index in [4.69, 9.17) is 27.9 Å². The SMILES string of the molecule is O=C(COc1ccc(Cl)c(Cl)c1)NCC1(O)CCCCC1. The maximum atomic E-state index is 11.7. The highest BCUT2D eigenvalue weighted by molar-refractivity contribution is 6.42. The predicted octanol–water partition coefficient (Wildman–Crippen LogP) is 3.18. The Labute approximate surface area is 134 Å². The zero-order valence-electron chi connectivity index (χ0n) is 11.7. The van der Waals surface area contributed by atoms with E-state index >= 15 is 0 Å². The molecule has 0 bridgehead atoms. The Morgan fingerprint density at radius 2 is 1.95 bits per heavy atom. The van der Waals surface area contributed by atoms with E-state index < -0.39 is 5.60 Å². The van der Waals surface area contributed by atoms with Crippen LogP contribution in [0.15, 0.2) is 18.2 Å². The topological polar surface area (TPSA) is 58.6 Å². The first-order valence-corrected chi connectivity index (χ1v) is 7.81. The van der Waals surface area contributed by atoms with E-state index in [1.807, 2.05) is 0 Å². The van der Waals surface area contributed by atoms with Gasteiger partial charge in [0, 0.05) is 12.6 Å². The lowest BCUT2D eigenvalue weighted by Crippen LogP contribution is -2.45. The minimum Gasteiger partial charge on any atom is -0.484 e. The Balaban J connectivity index is 1.75. The van der Waals surface area contributed by atoms with Gasteiger partial charge in [-0.05, 0) is 25.0 Å². The van der Waals surface area contributed by atoms with Crippen molar-refractivity contribution in [2.45, 2.75) is 37.7 Å². The first kappa shape index (κ1) is 16.4. The van der Waals surface area contributed by atoms with E-state index in [-0.39, 0.29) is 19.1 Å². The van der Waals surface area contributed by atoms with Gasteiger partial charge in [0.25, 0.3) is 5.91 Å². The van der Waals surface area contributed by atoms with E-state index in [1.54, 1.807) is 18.2 Å². The van der Waals surface area contributed by atoms with Crippen molar-refractivity contribution in [2.24, 2.45) is 0 Å². The highest BCUT2D eigenvalue weighted by Gasteiger charge is 2.29. The fourth-order valence-electron chi connectivity index (χ4n) is 2.42. The molecule has 0 spiro atoms. The van der Waals surface area contributed by atoms with Gasteiger partial charge in [-0.3, -0.25) is 4.79 Å². The zero-order valence-corrected chi connectivity index (χ0v) is 13.2. The van der Waals surface area contributed by atoms with E-state index in [0.717, 1.165) is 32.1 Å². The van der Waals surface area contributed by atoms with Crippen LogP contribution in [-0.2, 0) is 4.79 Å². The molecule has 1 aromatic carbocycles. The lowest BCUT2D eigenvalue weighted by molar-refractivity contribution is -0.124. The average molecular weight is 332 g/mol. The smallest absolute Gasteiger partial charge is 0.258 e. The largest absolute Gasteiger partial charge is 0.484 e. The molecule has 1 saturated carbocycles. The molecular formula is C15H19Cl2NO3. The normalized spacial score (nSPS) is 17.3. The number of benzene rings is 1. The van der Waals surface area contributed by atoms with Crippen molar-refractivity contribution in [3.63, 3.8) is 0 Å². The summed E-state index contributed by atoms with van der Waals surface area (Å²) in [5.74, 6) is 0.219. The maximum absolute atomic E-state index is 11.7. The summed E-state index contributed by atoms with van der Waals surface area (Å²) >= 11 is 11.7. The van der Waals surface area contributed by atoms with Crippen LogP contribution < -0.4 is 10.1 Å². The van der Waals surface area contributed by atoms with Crippen LogP contribution in [0.5, 0.6) is 5.75 Å². The predicted molar refractivity (Wildman–Crippen MR) is 83.0 cm³/mol. The van der Waals surface area contributed by atoms with Crippen molar-refractivity contribution in [1.82, 2.24) is 5.32 Å². The van der Waals surface area contributed by atoms with Crippen LogP contribution in [0.3, 0.4) is 0 Å². The molecular weight excluding hydrogens is 313 g/mol. The van der Waals surface area contributed by atoms with Gasteiger partial charge in [-0.1, -0.05) is 42.5 Å². The summed E-state index contributed by atoms with van der Waals surface area (Å²) in [5, 5.41) is 13.8. The van der Waals surface area contributed by atoms with Crippen LogP contribution in [0.1, 0.15) is 32.1 Å². The Morgan fingerprint density at radius 1 is 1.24 bits per heavy atom. The number of amides is 1. The van der Waals surface area contributed by atoms with Crippen molar-refractivity contribution in [2.75, 3.05) is 13.2 Å². The molecule has 2 rings (SSSR count). The van der Waals surface area contributed by atoms with Crippen LogP contribution in [0, 0.1) is 0 Å². The molecule has 2 N–H and O–H groups in total. The summed E-state index contributed by atoms with van der Waals surface area (Å²) in [6, 6.07) is 4.82. The molecule has 1 amide bonds. The van der Waals surface area contributed by atoms with Crippen LogP contribution in [0.25, 0.3) is 0 Å². The lowest BCUT2D eigenvalue weighted by atomic mass is 9.85. The van der Waals surface area contributed by atoms with Gasteiger partial charge in [-0.2, -0.15) is 0 Å². The number of rotatable bonds is 5. The van der Waals surface area contributed by atoms with E-state index in [1.165, 1.54) is 0 Å². The van der Waals surface area contributed by atoms with Gasteiger partial charge in [0.05, 0.1) is 15.6 Å². The summed E-state index contributed by atoms with van der Waals surface area (Å²) in [6.07, 6.45) is 4.64. The molecule has 4 nitrogen and oxygen atoms in total. The number of ether oxygens (including phenoxy) is 1. The first-order valence-electron chi connectivity index (χ1n) is 7.05. The van der Waals surface area contributed by atoms with Gasteiger partial charge in [-0.15, -0.1) is 0 Å².